The van der Waals surface area contributed by atoms with Gasteiger partial charge < -0.3 is 4.90 Å². The van der Waals surface area contributed by atoms with Crippen LogP contribution >= 0.6 is 0 Å². The van der Waals surface area contributed by atoms with Crippen LogP contribution in [0.4, 0.5) is 0 Å². The number of nitrogens with zero attached hydrogens (tertiary/aromatic N) is 3. The minimum atomic E-state index is 0.227. The molecule has 0 aromatic carbocycles. The Morgan fingerprint density at radius 2 is 2.00 bits per heavy atom. The van der Waals surface area contributed by atoms with Crippen molar-refractivity contribution >= 4 is 5.91 Å². The molecule has 0 radical (unpaired) electrons. The summed E-state index contributed by atoms with van der Waals surface area (Å²) in [5, 5.41) is 4.60. The van der Waals surface area contributed by atoms with Crippen molar-refractivity contribution in [1.82, 2.24) is 14.7 Å². The molecular weight excluding hydrogens is 250 g/mol. The standard InChI is InChI=1S/C16H25N3O/c1-12-5-7-18(8-6-12)16(20)11-19-10-14-9-13(2)3-4-15(14)17-19/h10,12-13H,3-9,11H2,1-2H3. The number of aromatic nitrogens is 2. The van der Waals surface area contributed by atoms with E-state index in [2.05, 4.69) is 25.1 Å². The molecule has 2 heterocycles. The molecule has 3 rings (SSSR count). The van der Waals surface area contributed by atoms with Gasteiger partial charge in [0.2, 0.25) is 5.91 Å². The second-order valence-electron chi connectivity index (χ2n) is 6.71. The first kappa shape index (κ1) is 13.7. The van der Waals surface area contributed by atoms with Crippen LogP contribution in [-0.2, 0) is 24.2 Å². The Kier molecular flexibility index (Phi) is 3.81. The second-order valence-corrected chi connectivity index (χ2v) is 6.71. The van der Waals surface area contributed by atoms with E-state index in [1.54, 1.807) is 0 Å². The number of piperidine rings is 1. The Balaban J connectivity index is 1.62. The van der Waals surface area contributed by atoms with Crippen LogP contribution in [0.1, 0.15) is 44.4 Å². The number of carbonyl (C=O) groups excluding carboxylic acids is 1. The second kappa shape index (κ2) is 5.58. The molecule has 0 spiro atoms. The maximum Gasteiger partial charge on any atom is 0.244 e. The van der Waals surface area contributed by atoms with Crippen LogP contribution < -0.4 is 0 Å². The van der Waals surface area contributed by atoms with E-state index < -0.39 is 0 Å². The highest BCUT2D eigenvalue weighted by atomic mass is 16.2. The lowest BCUT2D eigenvalue weighted by Gasteiger charge is -2.30. The number of hydrogen-bond donors (Lipinski definition) is 0. The smallest absolute Gasteiger partial charge is 0.244 e. The Hall–Kier alpha value is -1.32. The van der Waals surface area contributed by atoms with Gasteiger partial charge in [0.1, 0.15) is 6.54 Å². The maximum atomic E-state index is 12.3. The summed E-state index contributed by atoms with van der Waals surface area (Å²) >= 11 is 0. The van der Waals surface area contributed by atoms with Gasteiger partial charge in [0.25, 0.3) is 0 Å². The van der Waals surface area contributed by atoms with Gasteiger partial charge in [-0.1, -0.05) is 13.8 Å². The Morgan fingerprint density at radius 3 is 2.75 bits per heavy atom. The Labute approximate surface area is 121 Å². The number of amides is 1. The molecule has 1 unspecified atom stereocenters. The third-order valence-corrected chi connectivity index (χ3v) is 4.80. The van der Waals surface area contributed by atoms with Gasteiger partial charge in [-0.2, -0.15) is 5.10 Å². The van der Waals surface area contributed by atoms with E-state index in [1.807, 2.05) is 9.58 Å². The van der Waals surface area contributed by atoms with Crippen LogP contribution in [0.2, 0.25) is 0 Å². The normalized spacial score (nSPS) is 23.7. The van der Waals surface area contributed by atoms with Gasteiger partial charge in [0.05, 0.1) is 5.69 Å². The molecule has 1 fully saturated rings. The minimum Gasteiger partial charge on any atom is -0.341 e. The highest BCUT2D eigenvalue weighted by Crippen LogP contribution is 2.24. The Bertz CT molecular complexity index is 486. The zero-order valence-corrected chi connectivity index (χ0v) is 12.6. The minimum absolute atomic E-state index is 0.227. The third kappa shape index (κ3) is 2.89. The van der Waals surface area contributed by atoms with Crippen LogP contribution in [0.5, 0.6) is 0 Å². The number of carbonyl (C=O) groups is 1. The Morgan fingerprint density at radius 1 is 1.25 bits per heavy atom. The van der Waals surface area contributed by atoms with Crippen molar-refractivity contribution in [3.05, 3.63) is 17.5 Å². The summed E-state index contributed by atoms with van der Waals surface area (Å²) in [7, 11) is 0. The zero-order valence-electron chi connectivity index (χ0n) is 12.6. The van der Waals surface area contributed by atoms with Crippen molar-refractivity contribution in [2.45, 2.75) is 52.5 Å². The van der Waals surface area contributed by atoms with Gasteiger partial charge in [-0.05, 0) is 49.5 Å². The number of hydrogen-bond acceptors (Lipinski definition) is 2. The summed E-state index contributed by atoms with van der Waals surface area (Å²) in [5.41, 5.74) is 2.56. The van der Waals surface area contributed by atoms with Crippen molar-refractivity contribution in [3.63, 3.8) is 0 Å². The molecule has 1 saturated heterocycles. The largest absolute Gasteiger partial charge is 0.341 e. The summed E-state index contributed by atoms with van der Waals surface area (Å²) in [6.45, 7) is 6.80. The fourth-order valence-corrected chi connectivity index (χ4v) is 3.32. The molecule has 1 amide bonds. The molecule has 2 aliphatic rings. The molecule has 1 aliphatic carbocycles. The first-order valence-corrected chi connectivity index (χ1v) is 7.95. The molecule has 0 bridgehead atoms. The topological polar surface area (TPSA) is 38.1 Å². The SMILES string of the molecule is CC1CCN(C(=O)Cn2cc3c(n2)CCC(C)C3)CC1. The highest BCUT2D eigenvalue weighted by Gasteiger charge is 2.22. The van der Waals surface area contributed by atoms with Crippen molar-refractivity contribution < 1.29 is 4.79 Å². The van der Waals surface area contributed by atoms with Crippen LogP contribution in [0.3, 0.4) is 0 Å². The molecule has 4 heteroatoms. The van der Waals surface area contributed by atoms with Crippen molar-refractivity contribution in [2.75, 3.05) is 13.1 Å². The van der Waals surface area contributed by atoms with Crippen LogP contribution in [0.25, 0.3) is 0 Å². The number of rotatable bonds is 2. The predicted molar refractivity (Wildman–Crippen MR) is 78.4 cm³/mol. The molecular formula is C16H25N3O. The summed E-state index contributed by atoms with van der Waals surface area (Å²) in [4.78, 5) is 14.3. The van der Waals surface area contributed by atoms with E-state index >= 15 is 0 Å². The van der Waals surface area contributed by atoms with E-state index in [0.29, 0.717) is 6.54 Å². The van der Waals surface area contributed by atoms with E-state index in [9.17, 15) is 4.79 Å². The average molecular weight is 275 g/mol. The lowest BCUT2D eigenvalue weighted by atomic mass is 9.89. The number of fused-ring (bicyclic) bond motifs is 1. The van der Waals surface area contributed by atoms with E-state index in [0.717, 1.165) is 50.6 Å². The lowest BCUT2D eigenvalue weighted by molar-refractivity contribution is -0.133. The molecule has 20 heavy (non-hydrogen) atoms. The molecule has 1 atom stereocenters. The van der Waals surface area contributed by atoms with Gasteiger partial charge in [-0.3, -0.25) is 9.48 Å². The van der Waals surface area contributed by atoms with E-state index in [1.165, 1.54) is 17.7 Å². The van der Waals surface area contributed by atoms with Gasteiger partial charge >= 0.3 is 0 Å². The predicted octanol–water partition coefficient (Wildman–Crippen LogP) is 2.27. The lowest BCUT2D eigenvalue weighted by Crippen LogP contribution is -2.39. The van der Waals surface area contributed by atoms with Crippen molar-refractivity contribution in [2.24, 2.45) is 11.8 Å². The molecule has 1 aromatic heterocycles. The first-order valence-electron chi connectivity index (χ1n) is 7.95. The van der Waals surface area contributed by atoms with Crippen molar-refractivity contribution in [1.29, 1.82) is 0 Å². The highest BCUT2D eigenvalue weighted by molar-refractivity contribution is 5.76. The van der Waals surface area contributed by atoms with Gasteiger partial charge in [0.15, 0.2) is 0 Å². The van der Waals surface area contributed by atoms with Crippen LogP contribution in [-0.4, -0.2) is 33.7 Å². The molecule has 1 aliphatic heterocycles. The average Bonchev–Trinajstić information content (AvgIpc) is 2.80. The zero-order chi connectivity index (χ0) is 14.1. The molecule has 1 aromatic rings. The van der Waals surface area contributed by atoms with Gasteiger partial charge in [-0.15, -0.1) is 0 Å². The number of aryl methyl sites for hydroxylation is 1. The third-order valence-electron chi connectivity index (χ3n) is 4.80. The summed E-state index contributed by atoms with van der Waals surface area (Å²) in [6.07, 6.45) is 7.78. The first-order chi connectivity index (χ1) is 9.61. The fraction of sp³-hybridized carbons (Fsp3) is 0.750. The summed E-state index contributed by atoms with van der Waals surface area (Å²) in [6, 6.07) is 0. The molecule has 0 saturated carbocycles. The fourth-order valence-electron chi connectivity index (χ4n) is 3.32. The summed E-state index contributed by atoms with van der Waals surface area (Å²) < 4.78 is 1.86. The molecule has 4 nitrogen and oxygen atoms in total. The van der Waals surface area contributed by atoms with Crippen LogP contribution in [0.15, 0.2) is 6.20 Å². The quantitative estimate of drug-likeness (QED) is 0.830. The monoisotopic (exact) mass is 275 g/mol. The van der Waals surface area contributed by atoms with Gasteiger partial charge in [-0.25, -0.2) is 0 Å². The van der Waals surface area contributed by atoms with Crippen molar-refractivity contribution in [3.8, 4) is 0 Å². The van der Waals surface area contributed by atoms with Crippen LogP contribution in [0, 0.1) is 11.8 Å². The van der Waals surface area contributed by atoms with E-state index in [4.69, 9.17) is 0 Å². The van der Waals surface area contributed by atoms with Gasteiger partial charge in [0, 0.05) is 19.3 Å². The molecule has 110 valence electrons. The molecule has 0 N–H and O–H groups in total. The number of likely N-dealkylation sites (tertiary alicyclic amines) is 1. The maximum absolute atomic E-state index is 12.3. The van der Waals surface area contributed by atoms with E-state index in [-0.39, 0.29) is 5.91 Å². The summed E-state index contributed by atoms with van der Waals surface area (Å²) in [5.74, 6) is 1.74.